The van der Waals surface area contributed by atoms with Crippen molar-refractivity contribution in [1.29, 1.82) is 0 Å². The van der Waals surface area contributed by atoms with Crippen molar-refractivity contribution >= 4 is 49.6 Å². The third-order valence-electron chi connectivity index (χ3n) is 18.8. The van der Waals surface area contributed by atoms with Gasteiger partial charge in [-0.05, 0) is 155 Å². The van der Waals surface area contributed by atoms with Gasteiger partial charge < -0.3 is 9.47 Å². The number of anilines is 3. The zero-order valence-electron chi connectivity index (χ0n) is 47.2. The Morgan fingerprint density at radius 3 is 1.14 bits per heavy atom. The Balaban J connectivity index is 0.848. The molecular formula is C84H56N2. The number of nitrogens with zero attached hydrogens (tertiary/aromatic N) is 2. The van der Waals surface area contributed by atoms with Gasteiger partial charge in [-0.1, -0.05) is 279 Å². The Bertz CT molecular complexity index is 4980. The predicted octanol–water partition coefficient (Wildman–Crippen LogP) is 21.5. The molecule has 0 atom stereocenters. The molecule has 2 heteroatoms. The minimum Gasteiger partial charge on any atom is -0.310 e. The largest absolute Gasteiger partial charge is 0.310 e. The number of hydrogen-bond acceptors (Lipinski definition) is 1. The van der Waals surface area contributed by atoms with Gasteiger partial charge in [0.2, 0.25) is 0 Å². The van der Waals surface area contributed by atoms with E-state index in [1.165, 1.54) is 111 Å². The van der Waals surface area contributed by atoms with Crippen LogP contribution in [0.15, 0.2) is 340 Å². The topological polar surface area (TPSA) is 8.17 Å². The first-order valence-electron chi connectivity index (χ1n) is 29.9. The molecule has 0 unspecified atom stereocenters. The molecule has 0 saturated carbocycles. The molecule has 2 aliphatic rings. The SMILES string of the molecule is c1ccc(-c2ccc(N(c3ccc(C4(c5ccccc5)c5ccccc5-c5ccccc54)cc3)c3ccc4c(c3)c3cc(-c5ccc(C6(c7ccccc7)c7ccccc7-c7ccccc76)cc5)ccc3n4-c3cccc4ccccc34)cc2)cc1. The van der Waals surface area contributed by atoms with Crippen LogP contribution in [0.25, 0.3) is 82.8 Å². The van der Waals surface area contributed by atoms with E-state index in [0.29, 0.717) is 0 Å². The van der Waals surface area contributed by atoms with E-state index in [0.717, 1.165) is 33.8 Å². The fourth-order valence-corrected chi connectivity index (χ4v) is 15.1. The van der Waals surface area contributed by atoms with Crippen molar-refractivity contribution in [3.05, 3.63) is 384 Å². The average molecular weight is 1090 g/mol. The fraction of sp³-hybridized carbons (Fsp3) is 0.0238. The van der Waals surface area contributed by atoms with Gasteiger partial charge in [0.05, 0.1) is 27.6 Å². The van der Waals surface area contributed by atoms with E-state index in [1.54, 1.807) is 0 Å². The Kier molecular flexibility index (Phi) is 11.4. The fourth-order valence-electron chi connectivity index (χ4n) is 15.1. The van der Waals surface area contributed by atoms with Crippen molar-refractivity contribution in [2.75, 3.05) is 4.90 Å². The molecule has 2 aliphatic carbocycles. The number of benzene rings is 14. The molecule has 0 amide bonds. The lowest BCUT2D eigenvalue weighted by atomic mass is 9.67. The maximum atomic E-state index is 2.48. The molecule has 0 spiro atoms. The number of rotatable bonds is 10. The van der Waals surface area contributed by atoms with E-state index >= 15 is 0 Å². The molecular weight excluding hydrogens is 1040 g/mol. The van der Waals surface area contributed by atoms with E-state index in [4.69, 9.17) is 0 Å². The van der Waals surface area contributed by atoms with Crippen LogP contribution in [0.4, 0.5) is 17.1 Å². The minimum atomic E-state index is -0.508. The number of hydrogen-bond donors (Lipinski definition) is 0. The second-order valence-corrected chi connectivity index (χ2v) is 23.1. The second-order valence-electron chi connectivity index (χ2n) is 23.1. The molecule has 86 heavy (non-hydrogen) atoms. The van der Waals surface area contributed by atoms with Crippen molar-refractivity contribution in [1.82, 2.24) is 4.57 Å². The first-order valence-corrected chi connectivity index (χ1v) is 29.9. The van der Waals surface area contributed by atoms with Crippen LogP contribution in [0.3, 0.4) is 0 Å². The quantitative estimate of drug-likeness (QED) is 0.132. The summed E-state index contributed by atoms with van der Waals surface area (Å²) in [5.41, 5.74) is 25.8. The summed E-state index contributed by atoms with van der Waals surface area (Å²) < 4.78 is 2.48. The molecule has 0 aliphatic heterocycles. The summed E-state index contributed by atoms with van der Waals surface area (Å²) in [6.45, 7) is 0. The van der Waals surface area contributed by atoms with Crippen LogP contribution in [0.2, 0.25) is 0 Å². The molecule has 17 rings (SSSR count). The first-order chi connectivity index (χ1) is 42.7. The minimum absolute atomic E-state index is 0.468. The maximum Gasteiger partial charge on any atom is 0.0713 e. The first kappa shape index (κ1) is 49.5. The van der Waals surface area contributed by atoms with Crippen molar-refractivity contribution < 1.29 is 0 Å². The van der Waals surface area contributed by atoms with E-state index in [9.17, 15) is 0 Å². The van der Waals surface area contributed by atoms with Gasteiger partial charge in [0.15, 0.2) is 0 Å². The molecule has 1 aromatic heterocycles. The molecule has 14 aromatic carbocycles. The Morgan fingerprint density at radius 2 is 0.593 bits per heavy atom. The van der Waals surface area contributed by atoms with Crippen LogP contribution in [0.5, 0.6) is 0 Å². The smallest absolute Gasteiger partial charge is 0.0713 e. The summed E-state index contributed by atoms with van der Waals surface area (Å²) >= 11 is 0. The summed E-state index contributed by atoms with van der Waals surface area (Å²) in [6, 6.07) is 126. The number of aromatic nitrogens is 1. The highest BCUT2D eigenvalue weighted by molar-refractivity contribution is 6.13. The third kappa shape index (κ3) is 7.39. The highest BCUT2D eigenvalue weighted by atomic mass is 15.1. The summed E-state index contributed by atoms with van der Waals surface area (Å²) in [4.78, 5) is 2.44. The monoisotopic (exact) mass is 1090 g/mol. The third-order valence-corrected chi connectivity index (χ3v) is 18.8. The molecule has 2 nitrogen and oxygen atoms in total. The highest BCUT2D eigenvalue weighted by Gasteiger charge is 2.47. The van der Waals surface area contributed by atoms with Crippen LogP contribution in [-0.2, 0) is 10.8 Å². The van der Waals surface area contributed by atoms with Gasteiger partial charge in [-0.15, -0.1) is 0 Å². The Morgan fingerprint density at radius 1 is 0.233 bits per heavy atom. The molecule has 0 N–H and O–H groups in total. The van der Waals surface area contributed by atoms with Crippen LogP contribution in [0, 0.1) is 0 Å². The van der Waals surface area contributed by atoms with E-state index in [-0.39, 0.29) is 0 Å². The molecule has 1 heterocycles. The van der Waals surface area contributed by atoms with Crippen molar-refractivity contribution in [3.8, 4) is 50.2 Å². The molecule has 402 valence electrons. The van der Waals surface area contributed by atoms with Gasteiger partial charge in [0.25, 0.3) is 0 Å². The Labute approximate surface area is 501 Å². The second kappa shape index (κ2) is 19.8. The lowest BCUT2D eigenvalue weighted by Crippen LogP contribution is -2.28. The summed E-state index contributed by atoms with van der Waals surface area (Å²) in [6.07, 6.45) is 0. The van der Waals surface area contributed by atoms with Gasteiger partial charge in [0, 0.05) is 33.2 Å². The van der Waals surface area contributed by atoms with Crippen LogP contribution < -0.4 is 4.90 Å². The molecule has 0 saturated heterocycles. The van der Waals surface area contributed by atoms with Gasteiger partial charge in [-0.2, -0.15) is 0 Å². The molecule has 0 radical (unpaired) electrons. The molecule has 15 aromatic rings. The van der Waals surface area contributed by atoms with Gasteiger partial charge in [0.1, 0.15) is 0 Å². The predicted molar refractivity (Wildman–Crippen MR) is 358 cm³/mol. The van der Waals surface area contributed by atoms with Crippen molar-refractivity contribution in [2.45, 2.75) is 10.8 Å². The lowest BCUT2D eigenvalue weighted by Gasteiger charge is -2.34. The van der Waals surface area contributed by atoms with Crippen molar-refractivity contribution in [2.24, 2.45) is 0 Å². The van der Waals surface area contributed by atoms with Crippen molar-refractivity contribution in [3.63, 3.8) is 0 Å². The van der Waals surface area contributed by atoms with Gasteiger partial charge in [-0.3, -0.25) is 0 Å². The zero-order chi connectivity index (χ0) is 56.8. The molecule has 0 fully saturated rings. The van der Waals surface area contributed by atoms with Gasteiger partial charge >= 0.3 is 0 Å². The maximum absolute atomic E-state index is 2.48. The molecule has 0 bridgehead atoms. The van der Waals surface area contributed by atoms with Gasteiger partial charge in [-0.25, -0.2) is 0 Å². The van der Waals surface area contributed by atoms with Crippen LogP contribution in [0.1, 0.15) is 44.5 Å². The van der Waals surface area contributed by atoms with E-state index in [1.807, 2.05) is 0 Å². The standard InChI is InChI=1S/C84H56N2/c1-4-21-57(22-5-1)58-41-48-66(49-42-58)85(67-50-46-65(47-51-67)84(63-27-8-3-9-28-63)78-36-18-14-32-72(78)73-33-15-19-37-79(73)84)68-52-54-82-75(56-68)74-55-61(43-53-81(74)86(82)80-38-20-24-60-23-10-11-29-69(60)80)59-39-44-64(45-40-59)83(62-25-6-2-7-26-62)76-34-16-12-30-70(76)71-31-13-17-35-77(71)83/h1-56H. The summed E-state index contributed by atoms with van der Waals surface area (Å²) in [5, 5.41) is 4.78. The Hall–Kier alpha value is -11.1. The normalized spacial score (nSPS) is 13.3. The van der Waals surface area contributed by atoms with E-state index in [2.05, 4.69) is 349 Å². The number of fused-ring (bicyclic) bond motifs is 10. The van der Waals surface area contributed by atoms with Crippen LogP contribution in [-0.4, -0.2) is 4.57 Å². The van der Waals surface area contributed by atoms with Crippen LogP contribution >= 0.6 is 0 Å². The van der Waals surface area contributed by atoms with E-state index < -0.39 is 10.8 Å². The lowest BCUT2D eigenvalue weighted by molar-refractivity contribution is 0.768. The average Bonchev–Trinajstić information content (AvgIpc) is 1.67. The zero-order valence-corrected chi connectivity index (χ0v) is 47.2. The summed E-state index contributed by atoms with van der Waals surface area (Å²) in [7, 11) is 0. The summed E-state index contributed by atoms with van der Waals surface area (Å²) in [5.74, 6) is 0. The highest BCUT2D eigenvalue weighted by Crippen LogP contribution is 2.58.